The molecule has 34 heavy (non-hydrogen) atoms. The molecule has 0 spiro atoms. The van der Waals surface area contributed by atoms with Crippen LogP contribution in [-0.4, -0.2) is 51.4 Å². The molecule has 178 valence electrons. The van der Waals surface area contributed by atoms with E-state index >= 15 is 0 Å². The van der Waals surface area contributed by atoms with E-state index in [1.165, 1.54) is 0 Å². The molecule has 0 fully saturated rings. The maximum absolute atomic E-state index is 14.7. The highest BCUT2D eigenvalue weighted by atomic mass is 19.1. The summed E-state index contributed by atoms with van der Waals surface area (Å²) in [6.07, 6.45) is -3.45. The lowest BCUT2D eigenvalue weighted by atomic mass is 9.93. The van der Waals surface area contributed by atoms with Gasteiger partial charge in [0.15, 0.2) is 11.6 Å². The quantitative estimate of drug-likeness (QED) is 0.393. The average Bonchev–Trinajstić information content (AvgIpc) is 3.20. The molecule has 2 aromatic carbocycles. The minimum Gasteiger partial charge on any atom is -0.481 e. The maximum atomic E-state index is 14.7. The Kier molecular flexibility index (Phi) is 7.57. The van der Waals surface area contributed by atoms with Crippen LogP contribution >= 0.6 is 0 Å². The van der Waals surface area contributed by atoms with Gasteiger partial charge in [0, 0.05) is 11.1 Å². The molecule has 3 rings (SSSR count). The Morgan fingerprint density at radius 1 is 1.00 bits per heavy atom. The number of aliphatic carboxylic acids is 1. The number of alkyl halides is 1. The minimum absolute atomic E-state index is 0.232. The number of hydrogen-bond donors (Lipinski definition) is 3. The van der Waals surface area contributed by atoms with Crippen LogP contribution in [0.4, 0.5) is 4.39 Å². The molecule has 8 nitrogen and oxygen atoms in total. The van der Waals surface area contributed by atoms with Gasteiger partial charge in [-0.15, -0.1) is 0 Å². The predicted octanol–water partition coefficient (Wildman–Crippen LogP) is 2.66. The van der Waals surface area contributed by atoms with Crippen LogP contribution < -0.4 is 11.1 Å². The molecule has 0 aliphatic heterocycles. The number of carbonyl (C=O) groups is 4. The molecule has 2 unspecified atom stereocenters. The van der Waals surface area contributed by atoms with Gasteiger partial charge in [0.2, 0.25) is 6.17 Å². The third-order valence-corrected chi connectivity index (χ3v) is 5.48. The maximum Gasteiger partial charge on any atom is 0.305 e. The summed E-state index contributed by atoms with van der Waals surface area (Å²) in [5, 5.41) is 12.1. The molecular formula is C25H26FN3O5. The van der Waals surface area contributed by atoms with Crippen LogP contribution in [0.3, 0.4) is 0 Å². The van der Waals surface area contributed by atoms with Crippen LogP contribution in [0.25, 0.3) is 16.6 Å². The van der Waals surface area contributed by atoms with Gasteiger partial charge in [-0.3, -0.25) is 19.2 Å². The van der Waals surface area contributed by atoms with Crippen molar-refractivity contribution in [2.45, 2.75) is 38.5 Å². The Labute approximate surface area is 195 Å². The van der Waals surface area contributed by atoms with Gasteiger partial charge in [0.05, 0.1) is 24.0 Å². The van der Waals surface area contributed by atoms with Crippen molar-refractivity contribution in [2.24, 2.45) is 11.7 Å². The molecule has 9 heteroatoms. The number of carboxylic acid groups (broad SMARTS) is 1. The van der Waals surface area contributed by atoms with Crippen LogP contribution in [-0.2, 0) is 14.4 Å². The number of halogens is 1. The second kappa shape index (κ2) is 10.4. The van der Waals surface area contributed by atoms with Crippen molar-refractivity contribution in [2.75, 3.05) is 0 Å². The first-order chi connectivity index (χ1) is 16.1. The molecule has 0 aliphatic rings. The van der Waals surface area contributed by atoms with E-state index in [0.717, 1.165) is 16.6 Å². The van der Waals surface area contributed by atoms with Crippen LogP contribution in [0.1, 0.15) is 30.8 Å². The van der Waals surface area contributed by atoms with Crippen molar-refractivity contribution in [3.8, 4) is 5.69 Å². The van der Waals surface area contributed by atoms with Gasteiger partial charge in [-0.2, -0.15) is 0 Å². The molecule has 3 aromatic rings. The summed E-state index contributed by atoms with van der Waals surface area (Å²) in [5.41, 5.74) is 7.16. The monoisotopic (exact) mass is 467 g/mol. The van der Waals surface area contributed by atoms with Crippen molar-refractivity contribution in [1.82, 2.24) is 9.88 Å². The van der Waals surface area contributed by atoms with Gasteiger partial charge in [-0.05, 0) is 30.2 Å². The smallest absolute Gasteiger partial charge is 0.305 e. The number of carboxylic acids is 1. The van der Waals surface area contributed by atoms with Crippen molar-refractivity contribution >= 4 is 34.3 Å². The highest BCUT2D eigenvalue weighted by Crippen LogP contribution is 2.25. The van der Waals surface area contributed by atoms with Crippen LogP contribution in [0.5, 0.6) is 0 Å². The normalized spacial score (nSPS) is 13.9. The lowest BCUT2D eigenvalue weighted by Gasteiger charge is -2.23. The number of amides is 1. The molecule has 3 atom stereocenters. The zero-order chi connectivity index (χ0) is 25.0. The standard InChI is InChI=1S/C25H26FN3O5/c1-14(2)22(24(33)21(26)23(32)17(27)13-20(30)31)28-25(34)19-12-15-8-6-7-11-18(15)29(19)16-9-4-3-5-10-16/h3-12,14,17,21-22H,13,27H2,1-2H3,(H,28,34)(H,30,31)/t17?,21?,22-/m0/s1. The summed E-state index contributed by atoms with van der Waals surface area (Å²) in [6.45, 7) is 3.20. The number of benzene rings is 2. The largest absolute Gasteiger partial charge is 0.481 e. The number of carbonyl (C=O) groups excluding carboxylic acids is 3. The summed E-state index contributed by atoms with van der Waals surface area (Å²) in [4.78, 5) is 49.0. The molecule has 4 N–H and O–H groups in total. The average molecular weight is 467 g/mol. The van der Waals surface area contributed by atoms with E-state index in [1.54, 1.807) is 24.5 Å². The summed E-state index contributed by atoms with van der Waals surface area (Å²) >= 11 is 0. The Balaban J connectivity index is 1.92. The van der Waals surface area contributed by atoms with Crippen molar-refractivity contribution in [3.63, 3.8) is 0 Å². The zero-order valence-electron chi connectivity index (χ0n) is 18.8. The Morgan fingerprint density at radius 3 is 2.24 bits per heavy atom. The van der Waals surface area contributed by atoms with E-state index in [9.17, 15) is 23.6 Å². The van der Waals surface area contributed by atoms with Crippen molar-refractivity contribution in [3.05, 3.63) is 66.4 Å². The number of hydrogen-bond acceptors (Lipinski definition) is 5. The lowest BCUT2D eigenvalue weighted by molar-refractivity contribution is -0.142. The Morgan fingerprint density at radius 2 is 1.62 bits per heavy atom. The van der Waals surface area contributed by atoms with Crippen LogP contribution in [0.2, 0.25) is 0 Å². The van der Waals surface area contributed by atoms with E-state index in [4.69, 9.17) is 10.8 Å². The van der Waals surface area contributed by atoms with Crippen LogP contribution in [0.15, 0.2) is 60.7 Å². The SMILES string of the molecule is CC(C)[C@H](NC(=O)c1cc2ccccc2n1-c1ccccc1)C(=O)C(F)C(=O)C(N)CC(=O)O. The molecule has 1 heterocycles. The molecule has 0 radical (unpaired) electrons. The topological polar surface area (TPSA) is 131 Å². The number of rotatable bonds is 10. The number of nitrogens with zero attached hydrogens (tertiary/aromatic N) is 1. The summed E-state index contributed by atoms with van der Waals surface area (Å²) in [6, 6.07) is 15.2. The van der Waals surface area contributed by atoms with Crippen LogP contribution in [0, 0.1) is 5.92 Å². The van der Waals surface area contributed by atoms with Gasteiger partial charge in [-0.25, -0.2) is 4.39 Å². The number of ketones is 2. The first-order valence-corrected chi connectivity index (χ1v) is 10.8. The first-order valence-electron chi connectivity index (χ1n) is 10.8. The molecule has 0 aliphatic carbocycles. The zero-order valence-corrected chi connectivity index (χ0v) is 18.8. The van der Waals surface area contributed by atoms with E-state index in [0.29, 0.717) is 0 Å². The molecule has 1 amide bonds. The fourth-order valence-electron chi connectivity index (χ4n) is 3.73. The van der Waals surface area contributed by atoms with Gasteiger partial charge < -0.3 is 20.7 Å². The predicted molar refractivity (Wildman–Crippen MR) is 125 cm³/mol. The fourth-order valence-corrected chi connectivity index (χ4v) is 3.73. The van der Waals surface area contributed by atoms with Gasteiger partial charge in [0.25, 0.3) is 5.91 Å². The number of aromatic nitrogens is 1. The second-order valence-electron chi connectivity index (χ2n) is 8.33. The highest BCUT2D eigenvalue weighted by molar-refractivity contribution is 6.11. The summed E-state index contributed by atoms with van der Waals surface area (Å²) in [7, 11) is 0. The number of fused-ring (bicyclic) bond motifs is 1. The second-order valence-corrected chi connectivity index (χ2v) is 8.33. The first kappa shape index (κ1) is 24.8. The molecule has 0 saturated carbocycles. The van der Waals surface area contributed by atoms with E-state index in [2.05, 4.69) is 5.32 Å². The third-order valence-electron chi connectivity index (χ3n) is 5.48. The summed E-state index contributed by atoms with van der Waals surface area (Å²) < 4.78 is 16.5. The van der Waals surface area contributed by atoms with Gasteiger partial charge >= 0.3 is 5.97 Å². The van der Waals surface area contributed by atoms with Gasteiger partial charge in [0.1, 0.15) is 5.69 Å². The van der Waals surface area contributed by atoms with Crippen molar-refractivity contribution in [1.29, 1.82) is 0 Å². The molecule has 0 saturated heterocycles. The Hall–Kier alpha value is -3.85. The minimum atomic E-state index is -2.65. The van der Waals surface area contributed by atoms with Gasteiger partial charge in [-0.1, -0.05) is 50.2 Å². The molecular weight excluding hydrogens is 441 g/mol. The molecule has 0 bridgehead atoms. The number of para-hydroxylation sites is 2. The number of nitrogens with two attached hydrogens (primary N) is 1. The highest BCUT2D eigenvalue weighted by Gasteiger charge is 2.38. The van der Waals surface area contributed by atoms with E-state index in [-0.39, 0.29) is 5.69 Å². The number of nitrogens with one attached hydrogen (secondary N) is 1. The Bertz CT molecular complexity index is 1220. The number of Topliss-reactive ketones (excluding diaryl/α,β-unsaturated/α-hetero) is 2. The van der Waals surface area contributed by atoms with Crippen molar-refractivity contribution < 1.29 is 28.7 Å². The lowest BCUT2D eigenvalue weighted by Crippen LogP contribution is -2.52. The van der Waals surface area contributed by atoms with E-state index < -0.39 is 54.0 Å². The van der Waals surface area contributed by atoms with E-state index in [1.807, 2.05) is 54.6 Å². The summed E-state index contributed by atoms with van der Waals surface area (Å²) in [5.74, 6) is -5.06. The fraction of sp³-hybridized carbons (Fsp3) is 0.280. The third kappa shape index (κ3) is 5.20. The molecule has 1 aromatic heterocycles.